The molecule has 5 nitrogen and oxygen atoms in total. The highest BCUT2D eigenvalue weighted by molar-refractivity contribution is 5.99. The summed E-state index contributed by atoms with van der Waals surface area (Å²) >= 11 is 0. The number of fused-ring (bicyclic) bond motifs is 1. The van der Waals surface area contributed by atoms with Crippen LogP contribution in [0.3, 0.4) is 0 Å². The topological polar surface area (TPSA) is 72.8 Å². The van der Waals surface area contributed by atoms with E-state index in [0.717, 1.165) is 24.9 Å². The molecule has 0 radical (unpaired) electrons. The maximum absolute atomic E-state index is 12.9. The molecule has 3 rings (SSSR count). The number of nitrogens with zero attached hydrogens (tertiary/aromatic N) is 1. The monoisotopic (exact) mass is 332 g/mol. The summed E-state index contributed by atoms with van der Waals surface area (Å²) in [6.07, 6.45) is 3.20. The predicted molar refractivity (Wildman–Crippen MR) is 94.0 cm³/mol. The molecule has 1 aromatic rings. The minimum atomic E-state index is -0.997. The van der Waals surface area contributed by atoms with Crippen LogP contribution in [0.4, 0.5) is 5.69 Å². The molecule has 1 fully saturated rings. The number of aliphatic hydroxyl groups excluding tert-OH is 1. The van der Waals surface area contributed by atoms with Gasteiger partial charge in [0.2, 0.25) is 5.91 Å². The lowest BCUT2D eigenvalue weighted by Crippen LogP contribution is -2.52. The van der Waals surface area contributed by atoms with Gasteiger partial charge in [0.25, 0.3) is 0 Å². The van der Waals surface area contributed by atoms with Crippen molar-refractivity contribution >= 4 is 11.6 Å². The molecule has 1 amide bonds. The first-order valence-corrected chi connectivity index (χ1v) is 8.97. The fourth-order valence-electron chi connectivity index (χ4n) is 4.00. The summed E-state index contributed by atoms with van der Waals surface area (Å²) < 4.78 is 0. The van der Waals surface area contributed by atoms with Crippen LogP contribution in [-0.4, -0.2) is 46.5 Å². The Morgan fingerprint density at radius 3 is 2.75 bits per heavy atom. The quantitative estimate of drug-likeness (QED) is 0.766. The molecule has 2 aliphatic rings. The van der Waals surface area contributed by atoms with Crippen molar-refractivity contribution in [2.75, 3.05) is 11.4 Å². The highest BCUT2D eigenvalue weighted by Crippen LogP contribution is 2.33. The van der Waals surface area contributed by atoms with Crippen molar-refractivity contribution < 1.29 is 15.0 Å². The van der Waals surface area contributed by atoms with E-state index >= 15 is 0 Å². The molecule has 0 bridgehead atoms. The number of hydrogen-bond donors (Lipinski definition) is 3. The zero-order valence-electron chi connectivity index (χ0n) is 14.5. The van der Waals surface area contributed by atoms with Gasteiger partial charge in [-0.15, -0.1) is 0 Å². The Balaban J connectivity index is 1.61. The third-order valence-corrected chi connectivity index (χ3v) is 5.52. The van der Waals surface area contributed by atoms with Gasteiger partial charge >= 0.3 is 0 Å². The second kappa shape index (κ2) is 6.82. The van der Waals surface area contributed by atoms with Crippen molar-refractivity contribution in [1.29, 1.82) is 0 Å². The smallest absolute Gasteiger partial charge is 0.244 e. The van der Waals surface area contributed by atoms with E-state index in [1.165, 1.54) is 5.56 Å². The molecular weight excluding hydrogens is 304 g/mol. The van der Waals surface area contributed by atoms with Crippen LogP contribution in [0.1, 0.15) is 45.1 Å². The van der Waals surface area contributed by atoms with Crippen LogP contribution in [0.2, 0.25) is 0 Å². The summed E-state index contributed by atoms with van der Waals surface area (Å²) in [4.78, 5) is 14.7. The molecule has 1 saturated carbocycles. The van der Waals surface area contributed by atoms with Gasteiger partial charge in [-0.05, 0) is 44.7 Å². The first-order valence-electron chi connectivity index (χ1n) is 8.97. The summed E-state index contributed by atoms with van der Waals surface area (Å²) in [6, 6.07) is 7.74. The summed E-state index contributed by atoms with van der Waals surface area (Å²) in [5.74, 6) is 0.0121. The lowest BCUT2D eigenvalue weighted by Gasteiger charge is -2.31. The molecule has 24 heavy (non-hydrogen) atoms. The Morgan fingerprint density at radius 1 is 1.38 bits per heavy atom. The van der Waals surface area contributed by atoms with Gasteiger partial charge in [0, 0.05) is 18.3 Å². The number of hydrogen-bond acceptors (Lipinski definition) is 4. The van der Waals surface area contributed by atoms with Gasteiger partial charge in [0.1, 0.15) is 0 Å². The standard InChI is InChI=1S/C19H28N2O3/c1-13-11-15-7-3-4-8-16(15)21(13)18(23)14(2)20-12-17(22)19(24)9-5-6-10-19/h3-4,7-8,13-14,17,20,22,24H,5-6,9-12H2,1-2H3. The third-order valence-electron chi connectivity index (χ3n) is 5.52. The molecule has 0 spiro atoms. The Morgan fingerprint density at radius 2 is 2.04 bits per heavy atom. The molecule has 1 aliphatic carbocycles. The first-order chi connectivity index (χ1) is 11.4. The van der Waals surface area contributed by atoms with Crippen LogP contribution in [0.5, 0.6) is 0 Å². The predicted octanol–water partition coefficient (Wildman–Crippen LogP) is 1.61. The van der Waals surface area contributed by atoms with E-state index in [0.29, 0.717) is 12.8 Å². The Hall–Kier alpha value is -1.43. The minimum Gasteiger partial charge on any atom is -0.389 e. The maximum atomic E-state index is 12.9. The number of benzene rings is 1. The van der Waals surface area contributed by atoms with Gasteiger partial charge in [-0.1, -0.05) is 31.0 Å². The molecular formula is C19H28N2O3. The fourth-order valence-corrected chi connectivity index (χ4v) is 4.00. The van der Waals surface area contributed by atoms with Gasteiger partial charge in [-0.25, -0.2) is 0 Å². The van der Waals surface area contributed by atoms with E-state index in [4.69, 9.17) is 0 Å². The Bertz CT molecular complexity index is 598. The number of aliphatic hydroxyl groups is 2. The molecule has 3 N–H and O–H groups in total. The molecule has 0 saturated heterocycles. The van der Waals surface area contributed by atoms with E-state index in [1.807, 2.05) is 30.0 Å². The fraction of sp³-hybridized carbons (Fsp3) is 0.632. The minimum absolute atomic E-state index is 0.0121. The Kier molecular flexibility index (Phi) is 4.95. The van der Waals surface area contributed by atoms with Crippen molar-refractivity contribution in [2.45, 2.75) is 69.7 Å². The summed E-state index contributed by atoms with van der Waals surface area (Å²) in [7, 11) is 0. The van der Waals surface area contributed by atoms with Crippen molar-refractivity contribution in [3.05, 3.63) is 29.8 Å². The summed E-state index contributed by atoms with van der Waals surface area (Å²) in [5, 5.41) is 23.8. The number of rotatable bonds is 5. The molecule has 132 valence electrons. The van der Waals surface area contributed by atoms with E-state index < -0.39 is 17.7 Å². The van der Waals surface area contributed by atoms with Gasteiger partial charge in [-0.3, -0.25) is 4.79 Å². The summed E-state index contributed by atoms with van der Waals surface area (Å²) in [5.41, 5.74) is 1.19. The summed E-state index contributed by atoms with van der Waals surface area (Å²) in [6.45, 7) is 4.11. The van der Waals surface area contributed by atoms with Gasteiger partial charge in [-0.2, -0.15) is 0 Å². The van der Waals surface area contributed by atoms with Crippen molar-refractivity contribution in [1.82, 2.24) is 5.32 Å². The maximum Gasteiger partial charge on any atom is 0.244 e. The van der Waals surface area contributed by atoms with E-state index in [-0.39, 0.29) is 18.5 Å². The molecule has 1 heterocycles. The highest BCUT2D eigenvalue weighted by atomic mass is 16.3. The van der Waals surface area contributed by atoms with Crippen LogP contribution >= 0.6 is 0 Å². The van der Waals surface area contributed by atoms with Crippen LogP contribution in [0, 0.1) is 0 Å². The third kappa shape index (κ3) is 3.21. The first kappa shape index (κ1) is 17.4. The molecule has 0 aromatic heterocycles. The average Bonchev–Trinajstić information content (AvgIpc) is 3.15. The SMILES string of the molecule is CC(NCC(O)C1(O)CCCC1)C(=O)N1c2ccccc2CC1C. The van der Waals surface area contributed by atoms with Crippen LogP contribution < -0.4 is 10.2 Å². The van der Waals surface area contributed by atoms with E-state index in [9.17, 15) is 15.0 Å². The number of nitrogens with one attached hydrogen (secondary N) is 1. The zero-order chi connectivity index (χ0) is 17.3. The molecule has 3 unspecified atom stereocenters. The lowest BCUT2D eigenvalue weighted by molar-refractivity contribution is -0.121. The van der Waals surface area contributed by atoms with Crippen molar-refractivity contribution in [2.24, 2.45) is 0 Å². The Labute approximate surface area is 143 Å². The normalized spacial score (nSPS) is 24.7. The van der Waals surface area contributed by atoms with Gasteiger partial charge < -0.3 is 20.4 Å². The highest BCUT2D eigenvalue weighted by Gasteiger charge is 2.39. The van der Waals surface area contributed by atoms with Crippen LogP contribution in [-0.2, 0) is 11.2 Å². The average molecular weight is 332 g/mol. The van der Waals surface area contributed by atoms with E-state index in [2.05, 4.69) is 18.3 Å². The number of para-hydroxylation sites is 1. The van der Waals surface area contributed by atoms with Crippen LogP contribution in [0.25, 0.3) is 0 Å². The zero-order valence-corrected chi connectivity index (χ0v) is 14.5. The largest absolute Gasteiger partial charge is 0.389 e. The van der Waals surface area contributed by atoms with Gasteiger partial charge in [0.15, 0.2) is 0 Å². The van der Waals surface area contributed by atoms with Gasteiger partial charge in [0.05, 0.1) is 17.7 Å². The second-order valence-corrected chi connectivity index (χ2v) is 7.35. The molecule has 3 atom stereocenters. The molecule has 1 aliphatic heterocycles. The second-order valence-electron chi connectivity index (χ2n) is 7.35. The number of amides is 1. The number of carbonyl (C=O) groups excluding carboxylic acids is 1. The van der Waals surface area contributed by atoms with Crippen molar-refractivity contribution in [3.63, 3.8) is 0 Å². The van der Waals surface area contributed by atoms with E-state index in [1.54, 1.807) is 0 Å². The molecule has 5 heteroatoms. The number of carbonyl (C=O) groups is 1. The number of anilines is 1. The lowest BCUT2D eigenvalue weighted by atomic mass is 9.94. The van der Waals surface area contributed by atoms with Crippen molar-refractivity contribution in [3.8, 4) is 0 Å². The molecule has 1 aromatic carbocycles. The van der Waals surface area contributed by atoms with Crippen LogP contribution in [0.15, 0.2) is 24.3 Å².